The number of hydrogen-bond donors (Lipinski definition) is 1. The Morgan fingerprint density at radius 3 is 2.52 bits per heavy atom. The Kier molecular flexibility index (Phi) is 4.03. The van der Waals surface area contributed by atoms with Crippen molar-refractivity contribution in [2.75, 3.05) is 13.1 Å². The van der Waals surface area contributed by atoms with Gasteiger partial charge in [0, 0.05) is 25.5 Å². The van der Waals surface area contributed by atoms with Crippen LogP contribution >= 0.6 is 0 Å². The average molecular weight is 339 g/mol. The smallest absolute Gasteiger partial charge is 0.308 e. The molecule has 1 aromatic heterocycles. The summed E-state index contributed by atoms with van der Waals surface area (Å²) in [5, 5.41) is 13.6. The highest BCUT2D eigenvalue weighted by Gasteiger charge is 2.46. The summed E-state index contributed by atoms with van der Waals surface area (Å²) in [6.07, 6.45) is 6.11. The van der Waals surface area contributed by atoms with Gasteiger partial charge in [-0.25, -0.2) is 4.68 Å². The summed E-state index contributed by atoms with van der Waals surface area (Å²) in [6, 6.07) is 9.59. The van der Waals surface area contributed by atoms with Gasteiger partial charge >= 0.3 is 5.97 Å². The number of hydrogen-bond acceptors (Lipinski definition) is 3. The van der Waals surface area contributed by atoms with E-state index in [4.69, 9.17) is 0 Å². The minimum atomic E-state index is -0.768. The number of nitrogens with zero attached hydrogens (tertiary/aromatic N) is 3. The van der Waals surface area contributed by atoms with Crippen LogP contribution in [0.4, 0.5) is 0 Å². The molecule has 4 rings (SSSR count). The zero-order chi connectivity index (χ0) is 17.4. The molecule has 1 amide bonds. The topological polar surface area (TPSA) is 75.4 Å². The van der Waals surface area contributed by atoms with Gasteiger partial charge in [0.05, 0.1) is 18.0 Å². The van der Waals surface area contributed by atoms with Gasteiger partial charge in [0.25, 0.3) is 0 Å². The van der Waals surface area contributed by atoms with Crippen molar-refractivity contribution in [3.05, 3.63) is 48.3 Å². The summed E-state index contributed by atoms with van der Waals surface area (Å²) in [7, 11) is 0. The molecule has 2 atom stereocenters. The number of aliphatic carboxylic acids is 1. The van der Waals surface area contributed by atoms with Gasteiger partial charge in [0.1, 0.15) is 0 Å². The van der Waals surface area contributed by atoms with Crippen molar-refractivity contribution in [3.8, 4) is 5.69 Å². The molecule has 1 aliphatic carbocycles. The highest BCUT2D eigenvalue weighted by atomic mass is 16.4. The van der Waals surface area contributed by atoms with Crippen LogP contribution in [0.5, 0.6) is 0 Å². The van der Waals surface area contributed by atoms with Crippen LogP contribution < -0.4 is 0 Å². The van der Waals surface area contributed by atoms with E-state index in [0.717, 1.165) is 24.1 Å². The maximum Gasteiger partial charge on any atom is 0.308 e. The van der Waals surface area contributed by atoms with Crippen LogP contribution in [0.25, 0.3) is 5.69 Å². The maximum absolute atomic E-state index is 12.6. The van der Waals surface area contributed by atoms with Crippen molar-refractivity contribution in [1.82, 2.24) is 14.7 Å². The molecule has 1 aromatic carbocycles. The van der Waals surface area contributed by atoms with Gasteiger partial charge in [0.2, 0.25) is 5.91 Å². The molecule has 130 valence electrons. The normalized spacial score (nSPS) is 23.0. The van der Waals surface area contributed by atoms with E-state index in [-0.39, 0.29) is 11.8 Å². The van der Waals surface area contributed by atoms with Crippen LogP contribution in [0.15, 0.2) is 42.7 Å². The van der Waals surface area contributed by atoms with E-state index < -0.39 is 11.9 Å². The maximum atomic E-state index is 12.6. The Bertz CT molecular complexity index is 766. The number of carboxylic acid groups (broad SMARTS) is 1. The first-order valence-corrected chi connectivity index (χ1v) is 8.71. The molecule has 2 heterocycles. The van der Waals surface area contributed by atoms with Crippen molar-refractivity contribution >= 4 is 11.9 Å². The van der Waals surface area contributed by atoms with E-state index >= 15 is 0 Å². The predicted octanol–water partition coefficient (Wildman–Crippen LogP) is 1.98. The van der Waals surface area contributed by atoms with Gasteiger partial charge in [0.15, 0.2) is 0 Å². The van der Waals surface area contributed by atoms with Gasteiger partial charge in [-0.15, -0.1) is 0 Å². The Morgan fingerprint density at radius 2 is 1.92 bits per heavy atom. The molecular weight excluding hydrogens is 318 g/mol. The first-order valence-electron chi connectivity index (χ1n) is 8.71. The predicted molar refractivity (Wildman–Crippen MR) is 91.2 cm³/mol. The molecule has 6 heteroatoms. The van der Waals surface area contributed by atoms with Crippen LogP contribution in [0, 0.1) is 17.8 Å². The summed E-state index contributed by atoms with van der Waals surface area (Å²) in [6.45, 7) is 0.937. The molecule has 0 bridgehead atoms. The first kappa shape index (κ1) is 15.9. The Hall–Kier alpha value is -2.63. The van der Waals surface area contributed by atoms with Crippen molar-refractivity contribution in [1.29, 1.82) is 0 Å². The van der Waals surface area contributed by atoms with Gasteiger partial charge in [-0.2, -0.15) is 5.10 Å². The number of carbonyl (C=O) groups is 2. The van der Waals surface area contributed by atoms with Crippen molar-refractivity contribution in [2.24, 2.45) is 17.8 Å². The van der Waals surface area contributed by atoms with Crippen LogP contribution in [0.1, 0.15) is 18.4 Å². The molecule has 0 radical (unpaired) electrons. The zero-order valence-electron chi connectivity index (χ0n) is 13.9. The van der Waals surface area contributed by atoms with E-state index in [1.807, 2.05) is 36.5 Å². The van der Waals surface area contributed by atoms with E-state index in [0.29, 0.717) is 25.4 Å². The Morgan fingerprint density at radius 1 is 1.16 bits per heavy atom. The summed E-state index contributed by atoms with van der Waals surface area (Å²) < 4.78 is 1.77. The summed E-state index contributed by atoms with van der Waals surface area (Å²) in [4.78, 5) is 25.8. The lowest BCUT2D eigenvalue weighted by molar-refractivity contribution is -0.142. The van der Waals surface area contributed by atoms with Crippen molar-refractivity contribution in [2.45, 2.75) is 19.3 Å². The fraction of sp³-hybridized carbons (Fsp3) is 0.421. The second-order valence-corrected chi connectivity index (χ2v) is 7.04. The molecule has 2 aromatic rings. The van der Waals surface area contributed by atoms with E-state index in [1.165, 1.54) is 0 Å². The molecule has 1 aliphatic heterocycles. The van der Waals surface area contributed by atoms with Crippen LogP contribution in [-0.2, 0) is 16.0 Å². The quantitative estimate of drug-likeness (QED) is 0.904. The zero-order valence-corrected chi connectivity index (χ0v) is 13.9. The van der Waals surface area contributed by atoms with Crippen molar-refractivity contribution < 1.29 is 14.7 Å². The molecule has 0 unspecified atom stereocenters. The first-order chi connectivity index (χ1) is 12.1. The SMILES string of the molecule is O=C(O)[C@H]1CN(C(=O)Cc2ccc(-n3cccn3)cc2)C[C@@H]1C1CC1. The molecule has 2 aliphatic rings. The second kappa shape index (κ2) is 6.35. The number of aromatic nitrogens is 2. The van der Waals surface area contributed by atoms with Crippen LogP contribution in [0.3, 0.4) is 0 Å². The highest BCUT2D eigenvalue weighted by molar-refractivity contribution is 5.81. The lowest BCUT2D eigenvalue weighted by atomic mass is 9.92. The molecule has 25 heavy (non-hydrogen) atoms. The third kappa shape index (κ3) is 3.29. The minimum Gasteiger partial charge on any atom is -0.481 e. The lowest BCUT2D eigenvalue weighted by Crippen LogP contribution is -2.31. The largest absolute Gasteiger partial charge is 0.481 e. The van der Waals surface area contributed by atoms with E-state index in [9.17, 15) is 14.7 Å². The molecule has 1 saturated heterocycles. The highest BCUT2D eigenvalue weighted by Crippen LogP contribution is 2.44. The van der Waals surface area contributed by atoms with Crippen LogP contribution in [-0.4, -0.2) is 44.8 Å². The lowest BCUT2D eigenvalue weighted by Gasteiger charge is -2.16. The summed E-state index contributed by atoms with van der Waals surface area (Å²) in [5.41, 5.74) is 1.88. The van der Waals surface area contributed by atoms with Gasteiger partial charge in [-0.1, -0.05) is 12.1 Å². The fourth-order valence-electron chi connectivity index (χ4n) is 3.77. The van der Waals surface area contributed by atoms with Gasteiger partial charge < -0.3 is 10.0 Å². The average Bonchev–Trinajstić information content (AvgIpc) is 3.13. The third-order valence-corrected chi connectivity index (χ3v) is 5.32. The third-order valence-electron chi connectivity index (χ3n) is 5.32. The van der Waals surface area contributed by atoms with Crippen molar-refractivity contribution in [3.63, 3.8) is 0 Å². The summed E-state index contributed by atoms with van der Waals surface area (Å²) >= 11 is 0. The van der Waals surface area contributed by atoms with Crippen LogP contribution in [0.2, 0.25) is 0 Å². The molecule has 1 saturated carbocycles. The summed E-state index contributed by atoms with van der Waals surface area (Å²) in [5.74, 6) is -0.536. The number of carbonyl (C=O) groups excluding carboxylic acids is 1. The Labute approximate surface area is 146 Å². The molecular formula is C19H21N3O3. The number of likely N-dealkylation sites (tertiary alicyclic amines) is 1. The van der Waals surface area contributed by atoms with Gasteiger partial charge in [-0.05, 0) is 48.4 Å². The van der Waals surface area contributed by atoms with Gasteiger partial charge in [-0.3, -0.25) is 9.59 Å². The molecule has 2 fully saturated rings. The monoisotopic (exact) mass is 339 g/mol. The molecule has 1 N–H and O–H groups in total. The second-order valence-electron chi connectivity index (χ2n) is 7.04. The number of rotatable bonds is 5. The number of amides is 1. The van der Waals surface area contributed by atoms with E-state index in [1.54, 1.807) is 15.8 Å². The Balaban J connectivity index is 1.41. The fourth-order valence-corrected chi connectivity index (χ4v) is 3.77. The number of carboxylic acids is 1. The standard InChI is InChI=1S/C19H21N3O3/c23-18(21-11-16(14-4-5-14)17(12-21)19(24)25)10-13-2-6-15(7-3-13)22-9-1-8-20-22/h1-3,6-9,14,16-17H,4-5,10-12H2,(H,24,25)/t16-,17+/m1/s1. The molecule has 6 nitrogen and oxygen atoms in total. The van der Waals surface area contributed by atoms with E-state index in [2.05, 4.69) is 5.10 Å². The minimum absolute atomic E-state index is 0.0150. The molecule has 0 spiro atoms. The number of benzene rings is 1.